The van der Waals surface area contributed by atoms with Crippen LogP contribution in [0.4, 0.5) is 10.5 Å². The summed E-state index contributed by atoms with van der Waals surface area (Å²) in [5, 5.41) is 21.1. The van der Waals surface area contributed by atoms with Crippen LogP contribution in [-0.2, 0) is 20.8 Å². The molecular weight excluding hydrogens is 510 g/mol. The number of carbonyl (C=O) groups excluding carboxylic acids is 3. The molecule has 0 spiro atoms. The fraction of sp³-hybridized carbons (Fsp3) is 0.333. The zero-order valence-electron chi connectivity index (χ0n) is 21.2. The fourth-order valence-corrected chi connectivity index (χ4v) is 4.11. The molecule has 3 rings (SSSR count). The quantitative estimate of drug-likeness (QED) is 0.206. The number of carboxylic acid groups (broad SMARTS) is 1. The first-order chi connectivity index (χ1) is 18.1. The number of nitrogens with one attached hydrogen (secondary N) is 5. The highest BCUT2D eigenvalue weighted by Gasteiger charge is 2.28. The Morgan fingerprint density at radius 3 is 2.34 bits per heavy atom. The Kier molecular flexibility index (Phi) is 10.1. The van der Waals surface area contributed by atoms with Crippen molar-refractivity contribution in [2.24, 2.45) is 5.92 Å². The van der Waals surface area contributed by atoms with Crippen LogP contribution in [0.2, 0.25) is 5.02 Å². The molecule has 3 aromatic rings. The molecule has 1 heterocycles. The van der Waals surface area contributed by atoms with Gasteiger partial charge < -0.3 is 31.4 Å². The van der Waals surface area contributed by atoms with Crippen molar-refractivity contribution in [3.05, 3.63) is 65.3 Å². The fourth-order valence-electron chi connectivity index (χ4n) is 3.98. The minimum atomic E-state index is -1.05. The van der Waals surface area contributed by atoms with Crippen molar-refractivity contribution >= 4 is 52.0 Å². The van der Waals surface area contributed by atoms with E-state index in [9.17, 15) is 19.2 Å². The van der Waals surface area contributed by atoms with Crippen molar-refractivity contribution in [3.63, 3.8) is 0 Å². The Balaban J connectivity index is 1.75. The lowest BCUT2D eigenvalue weighted by Crippen LogP contribution is -2.55. The number of urea groups is 1. The number of hydrogen-bond donors (Lipinski definition) is 6. The lowest BCUT2D eigenvalue weighted by atomic mass is 10.0. The van der Waals surface area contributed by atoms with Crippen LogP contribution >= 0.6 is 11.6 Å². The molecule has 0 radical (unpaired) electrons. The van der Waals surface area contributed by atoms with Crippen LogP contribution in [0.1, 0.15) is 32.3 Å². The van der Waals surface area contributed by atoms with E-state index in [1.807, 2.05) is 38.1 Å². The molecular formula is C27H32ClN5O5. The zero-order valence-corrected chi connectivity index (χ0v) is 22.0. The molecule has 0 saturated heterocycles. The Morgan fingerprint density at radius 1 is 0.947 bits per heavy atom. The van der Waals surface area contributed by atoms with Crippen molar-refractivity contribution < 1.29 is 24.3 Å². The van der Waals surface area contributed by atoms with E-state index in [0.29, 0.717) is 17.1 Å². The molecule has 0 aliphatic carbocycles. The predicted octanol–water partition coefficient (Wildman–Crippen LogP) is 3.68. The summed E-state index contributed by atoms with van der Waals surface area (Å²) in [7, 11) is 0. The van der Waals surface area contributed by atoms with E-state index in [0.717, 1.165) is 16.5 Å². The third-order valence-electron chi connectivity index (χ3n) is 5.80. The highest BCUT2D eigenvalue weighted by atomic mass is 35.5. The number of aromatic nitrogens is 1. The summed E-state index contributed by atoms with van der Waals surface area (Å²) >= 11 is 5.89. The van der Waals surface area contributed by atoms with Crippen LogP contribution in [0.15, 0.2) is 54.7 Å². The molecule has 202 valence electrons. The lowest BCUT2D eigenvalue weighted by molar-refractivity contribution is -0.137. The molecule has 38 heavy (non-hydrogen) atoms. The van der Waals surface area contributed by atoms with Gasteiger partial charge in [-0.2, -0.15) is 0 Å². The average molecular weight is 542 g/mol. The van der Waals surface area contributed by atoms with E-state index in [1.54, 1.807) is 30.5 Å². The van der Waals surface area contributed by atoms with Crippen LogP contribution in [0, 0.1) is 5.92 Å². The van der Waals surface area contributed by atoms with Crippen LogP contribution in [-0.4, -0.2) is 52.5 Å². The summed E-state index contributed by atoms with van der Waals surface area (Å²) in [6.07, 6.45) is 2.03. The van der Waals surface area contributed by atoms with Gasteiger partial charge in [-0.05, 0) is 48.2 Å². The van der Waals surface area contributed by atoms with Gasteiger partial charge in [0.1, 0.15) is 12.1 Å². The Bertz CT molecular complexity index is 1270. The third kappa shape index (κ3) is 8.52. The first kappa shape index (κ1) is 28.5. The van der Waals surface area contributed by atoms with Crippen LogP contribution in [0.5, 0.6) is 0 Å². The number of rotatable bonds is 12. The van der Waals surface area contributed by atoms with Gasteiger partial charge in [-0.1, -0.05) is 43.6 Å². The number of benzene rings is 2. The number of para-hydroxylation sites is 1. The number of anilines is 1. The van der Waals surface area contributed by atoms with E-state index in [4.69, 9.17) is 16.7 Å². The van der Waals surface area contributed by atoms with Crippen molar-refractivity contribution in [1.29, 1.82) is 0 Å². The number of halogens is 1. The number of hydrogen-bond acceptors (Lipinski definition) is 4. The number of fused-ring (bicyclic) bond motifs is 1. The van der Waals surface area contributed by atoms with Crippen molar-refractivity contribution in [2.45, 2.75) is 45.2 Å². The number of carbonyl (C=O) groups is 4. The molecule has 1 aromatic heterocycles. The lowest BCUT2D eigenvalue weighted by Gasteiger charge is -2.24. The maximum atomic E-state index is 13.3. The summed E-state index contributed by atoms with van der Waals surface area (Å²) < 4.78 is 0. The second-order valence-corrected chi connectivity index (χ2v) is 9.78. The minimum absolute atomic E-state index is 0.0676. The van der Waals surface area contributed by atoms with E-state index < -0.39 is 35.9 Å². The molecule has 0 fully saturated rings. The summed E-state index contributed by atoms with van der Waals surface area (Å²) in [5.74, 6) is -2.02. The monoisotopic (exact) mass is 541 g/mol. The largest absolute Gasteiger partial charge is 0.481 e. The first-order valence-electron chi connectivity index (χ1n) is 12.3. The predicted molar refractivity (Wildman–Crippen MR) is 146 cm³/mol. The second-order valence-electron chi connectivity index (χ2n) is 9.35. The smallest absolute Gasteiger partial charge is 0.319 e. The van der Waals surface area contributed by atoms with Gasteiger partial charge in [-0.25, -0.2) is 4.79 Å². The topological polar surface area (TPSA) is 152 Å². The molecule has 2 atom stereocenters. The molecule has 11 heteroatoms. The number of aliphatic carboxylic acids is 1. The van der Waals surface area contributed by atoms with Gasteiger partial charge in [0, 0.05) is 40.8 Å². The van der Waals surface area contributed by atoms with Crippen LogP contribution in [0.25, 0.3) is 10.9 Å². The third-order valence-corrected chi connectivity index (χ3v) is 6.05. The van der Waals surface area contributed by atoms with Gasteiger partial charge in [0.2, 0.25) is 11.8 Å². The Morgan fingerprint density at radius 2 is 1.66 bits per heavy atom. The molecule has 2 aromatic carbocycles. The summed E-state index contributed by atoms with van der Waals surface area (Å²) in [6, 6.07) is 11.6. The number of carboxylic acids is 1. The normalized spacial score (nSPS) is 12.5. The number of aromatic amines is 1. The maximum Gasteiger partial charge on any atom is 0.319 e. The standard InChI is InChI=1S/C27H32ClN5O5/c1-16(2)13-22(33-27(38)31-19-9-7-18(28)8-10-19)26(37)32-23(25(36)29-12-11-24(34)35)14-17-15-30-21-6-4-3-5-20(17)21/h3-10,15-16,22-23,30H,11-14H2,1-2H3,(H,29,36)(H,32,37)(H,34,35)(H2,31,33,38). The number of H-pyrrole nitrogens is 1. The van der Waals surface area contributed by atoms with E-state index in [-0.39, 0.29) is 25.3 Å². The molecule has 10 nitrogen and oxygen atoms in total. The van der Waals surface area contributed by atoms with Gasteiger partial charge in [0.15, 0.2) is 0 Å². The SMILES string of the molecule is CC(C)CC(NC(=O)Nc1ccc(Cl)cc1)C(=O)NC(Cc1c[nH]c2ccccc12)C(=O)NCCC(=O)O. The summed E-state index contributed by atoms with van der Waals surface area (Å²) in [5.41, 5.74) is 2.20. The second kappa shape index (κ2) is 13.5. The highest BCUT2D eigenvalue weighted by molar-refractivity contribution is 6.30. The highest BCUT2D eigenvalue weighted by Crippen LogP contribution is 2.19. The summed E-state index contributed by atoms with van der Waals surface area (Å²) in [4.78, 5) is 53.1. The van der Waals surface area contributed by atoms with Crippen molar-refractivity contribution in [2.75, 3.05) is 11.9 Å². The van der Waals surface area contributed by atoms with Crippen molar-refractivity contribution in [3.8, 4) is 0 Å². The molecule has 0 saturated carbocycles. The molecule has 6 N–H and O–H groups in total. The zero-order chi connectivity index (χ0) is 27.7. The average Bonchev–Trinajstić information content (AvgIpc) is 3.27. The van der Waals surface area contributed by atoms with Gasteiger partial charge in [-0.3, -0.25) is 14.4 Å². The maximum absolute atomic E-state index is 13.3. The first-order valence-corrected chi connectivity index (χ1v) is 12.7. The molecule has 0 aliphatic heterocycles. The molecule has 4 amide bonds. The van der Waals surface area contributed by atoms with Gasteiger partial charge in [-0.15, -0.1) is 0 Å². The van der Waals surface area contributed by atoms with Crippen LogP contribution in [0.3, 0.4) is 0 Å². The van der Waals surface area contributed by atoms with E-state index in [2.05, 4.69) is 26.3 Å². The summed E-state index contributed by atoms with van der Waals surface area (Å²) in [6.45, 7) is 3.76. The van der Waals surface area contributed by atoms with Crippen LogP contribution < -0.4 is 21.3 Å². The van der Waals surface area contributed by atoms with E-state index >= 15 is 0 Å². The molecule has 2 unspecified atom stereocenters. The van der Waals surface area contributed by atoms with Gasteiger partial charge in [0.05, 0.1) is 6.42 Å². The Hall–Kier alpha value is -4.05. The molecule has 0 bridgehead atoms. The van der Waals surface area contributed by atoms with Gasteiger partial charge in [0.25, 0.3) is 0 Å². The van der Waals surface area contributed by atoms with Crippen molar-refractivity contribution in [1.82, 2.24) is 20.9 Å². The Labute approximate surface area is 225 Å². The number of amides is 4. The minimum Gasteiger partial charge on any atom is -0.481 e. The molecule has 0 aliphatic rings. The van der Waals surface area contributed by atoms with Gasteiger partial charge >= 0.3 is 12.0 Å². The van der Waals surface area contributed by atoms with E-state index in [1.165, 1.54) is 0 Å².